The average Bonchev–Trinajstić information content (AvgIpc) is 2.58. The van der Waals surface area contributed by atoms with Crippen molar-refractivity contribution in [1.29, 1.82) is 0 Å². The molecule has 2 aromatic rings. The van der Waals surface area contributed by atoms with Crippen LogP contribution in [0, 0.1) is 15.5 Å². The van der Waals surface area contributed by atoms with Crippen molar-refractivity contribution in [3.05, 3.63) is 75.8 Å². The summed E-state index contributed by atoms with van der Waals surface area (Å²) in [5, 5.41) is 14.2. The van der Waals surface area contributed by atoms with Crippen LogP contribution in [-0.4, -0.2) is 16.4 Å². The molecule has 28 heavy (non-hydrogen) atoms. The second kappa shape index (κ2) is 8.38. The first-order valence-corrected chi connectivity index (χ1v) is 9.31. The van der Waals surface area contributed by atoms with Crippen LogP contribution in [0.4, 0.5) is 5.69 Å². The van der Waals surface area contributed by atoms with Crippen molar-refractivity contribution in [2.45, 2.75) is 46.6 Å². The molecule has 0 unspecified atom stereocenters. The van der Waals surface area contributed by atoms with Gasteiger partial charge >= 0.3 is 0 Å². The number of nitrogens with one attached hydrogen (secondary N) is 1. The smallest absolute Gasteiger partial charge is 0.270 e. The fraction of sp³-hybridized carbons (Fsp3) is 0.348. The number of hydrogen-bond donors (Lipinski definition) is 1. The fourth-order valence-corrected chi connectivity index (χ4v) is 3.54. The third-order valence-electron chi connectivity index (χ3n) is 4.15. The zero-order valence-corrected chi connectivity index (χ0v) is 17.2. The van der Waals surface area contributed by atoms with Gasteiger partial charge in [-0.3, -0.25) is 14.9 Å². The predicted octanol–water partition coefficient (Wildman–Crippen LogP) is 5.47. The molecule has 5 nitrogen and oxygen atoms in total. The summed E-state index contributed by atoms with van der Waals surface area (Å²) < 4.78 is 0. The van der Waals surface area contributed by atoms with Gasteiger partial charge in [0.2, 0.25) is 0 Å². The lowest BCUT2D eigenvalue weighted by atomic mass is 9.81. The van der Waals surface area contributed by atoms with Crippen LogP contribution in [0.3, 0.4) is 0 Å². The second-order valence-corrected chi connectivity index (χ2v) is 8.85. The summed E-state index contributed by atoms with van der Waals surface area (Å²) in [5.41, 5.74) is 1.51. The number of carbonyl (C=O) groups excluding carboxylic acids is 1. The Kier molecular flexibility index (Phi) is 6.39. The highest BCUT2D eigenvalue weighted by molar-refractivity contribution is 6.24. The molecule has 0 aromatic heterocycles. The molecule has 1 amide bonds. The summed E-state index contributed by atoms with van der Waals surface area (Å²) in [6, 6.07) is 15.6. The van der Waals surface area contributed by atoms with Crippen molar-refractivity contribution < 1.29 is 9.72 Å². The van der Waals surface area contributed by atoms with E-state index in [4.69, 9.17) is 0 Å². The molecule has 1 N–H and O–H groups in total. The van der Waals surface area contributed by atoms with Crippen molar-refractivity contribution in [2.24, 2.45) is 5.41 Å². The number of hydrogen-bond acceptors (Lipinski definition) is 3. The topological polar surface area (TPSA) is 72.2 Å². The Hall–Kier alpha value is -2.95. The van der Waals surface area contributed by atoms with Gasteiger partial charge < -0.3 is 5.32 Å². The van der Waals surface area contributed by atoms with Gasteiger partial charge in [0.05, 0.1) is 4.92 Å². The number of nitro benzene ring substituents is 1. The third kappa shape index (κ3) is 6.34. The Morgan fingerprint density at radius 2 is 1.68 bits per heavy atom. The molecule has 0 heterocycles. The van der Waals surface area contributed by atoms with Gasteiger partial charge in [-0.1, -0.05) is 63.2 Å². The van der Waals surface area contributed by atoms with Crippen molar-refractivity contribution >= 4 is 23.2 Å². The molecule has 0 saturated carbocycles. The summed E-state index contributed by atoms with van der Waals surface area (Å²) in [6.07, 6.45) is 2.51. The molecule has 148 valence electrons. The predicted molar refractivity (Wildman–Crippen MR) is 114 cm³/mol. The monoisotopic (exact) mass is 380 g/mol. The number of nitrogens with zero attached hydrogens (tertiary/aromatic N) is 1. The first-order valence-electron chi connectivity index (χ1n) is 9.31. The molecule has 0 fully saturated rings. The van der Waals surface area contributed by atoms with Crippen molar-refractivity contribution in [1.82, 2.24) is 5.32 Å². The Labute approximate surface area is 166 Å². The SMILES string of the molecule is CC(C)(C)CC(C)(C)NC(=O)/C(=C/c1cccc([N+](=O)[O-])c1)c1ccccc1. The molecule has 0 spiro atoms. The highest BCUT2D eigenvalue weighted by Crippen LogP contribution is 2.28. The van der Waals surface area contributed by atoms with Gasteiger partial charge in [-0.2, -0.15) is 0 Å². The van der Waals surface area contributed by atoms with Crippen molar-refractivity contribution in [3.63, 3.8) is 0 Å². The van der Waals surface area contributed by atoms with E-state index in [1.165, 1.54) is 12.1 Å². The van der Waals surface area contributed by atoms with E-state index in [0.29, 0.717) is 11.1 Å². The van der Waals surface area contributed by atoms with E-state index < -0.39 is 10.5 Å². The first-order chi connectivity index (χ1) is 13.0. The normalized spacial score (nSPS) is 12.5. The molecule has 0 atom stereocenters. The Morgan fingerprint density at radius 1 is 1.04 bits per heavy atom. The van der Waals surface area contributed by atoms with Crippen LogP contribution in [0.1, 0.15) is 52.2 Å². The lowest BCUT2D eigenvalue weighted by molar-refractivity contribution is -0.384. The van der Waals surface area contributed by atoms with Crippen LogP contribution in [0.5, 0.6) is 0 Å². The van der Waals surface area contributed by atoms with E-state index in [0.717, 1.165) is 12.0 Å². The van der Waals surface area contributed by atoms with Gasteiger partial charge in [-0.25, -0.2) is 0 Å². The molecule has 0 saturated heterocycles. The third-order valence-corrected chi connectivity index (χ3v) is 4.15. The zero-order valence-electron chi connectivity index (χ0n) is 17.2. The van der Waals surface area contributed by atoms with Crippen LogP contribution in [0.25, 0.3) is 11.6 Å². The van der Waals surface area contributed by atoms with Gasteiger partial charge in [0, 0.05) is 23.2 Å². The molecule has 2 aromatic carbocycles. The second-order valence-electron chi connectivity index (χ2n) is 8.85. The van der Waals surface area contributed by atoms with E-state index in [1.54, 1.807) is 18.2 Å². The maximum atomic E-state index is 13.2. The number of non-ortho nitro benzene ring substituents is 1. The van der Waals surface area contributed by atoms with Crippen LogP contribution in [0.2, 0.25) is 0 Å². The number of rotatable bonds is 6. The Bertz CT molecular complexity index is 878. The highest BCUT2D eigenvalue weighted by atomic mass is 16.6. The van der Waals surface area contributed by atoms with Crippen LogP contribution in [0.15, 0.2) is 54.6 Å². The van der Waals surface area contributed by atoms with E-state index >= 15 is 0 Å². The van der Waals surface area contributed by atoms with E-state index in [2.05, 4.69) is 26.1 Å². The summed E-state index contributed by atoms with van der Waals surface area (Å²) in [4.78, 5) is 23.8. The standard InChI is InChI=1S/C23H28N2O3/c1-22(2,3)16-23(4,5)24-21(26)20(18-11-7-6-8-12-18)15-17-10-9-13-19(14-17)25(27)28/h6-15H,16H2,1-5H3,(H,24,26)/b20-15+. The molecule has 0 aliphatic rings. The van der Waals surface area contributed by atoms with Crippen molar-refractivity contribution in [3.8, 4) is 0 Å². The lowest BCUT2D eigenvalue weighted by Crippen LogP contribution is -2.46. The Morgan fingerprint density at radius 3 is 2.25 bits per heavy atom. The fourth-order valence-electron chi connectivity index (χ4n) is 3.54. The maximum absolute atomic E-state index is 13.2. The van der Waals surface area contributed by atoms with Gasteiger partial charge in [-0.15, -0.1) is 0 Å². The summed E-state index contributed by atoms with van der Waals surface area (Å²) in [7, 11) is 0. The Balaban J connectivity index is 2.42. The molecular formula is C23H28N2O3. The molecular weight excluding hydrogens is 352 g/mol. The molecule has 0 bridgehead atoms. The van der Waals surface area contributed by atoms with Crippen LogP contribution >= 0.6 is 0 Å². The minimum Gasteiger partial charge on any atom is -0.347 e. The minimum atomic E-state index is -0.438. The van der Waals surface area contributed by atoms with Gasteiger partial charge in [0.25, 0.3) is 11.6 Å². The van der Waals surface area contributed by atoms with Gasteiger partial charge in [0.15, 0.2) is 0 Å². The molecule has 2 rings (SSSR count). The molecule has 0 aliphatic carbocycles. The van der Waals surface area contributed by atoms with Crippen LogP contribution in [-0.2, 0) is 4.79 Å². The van der Waals surface area contributed by atoms with E-state index in [9.17, 15) is 14.9 Å². The van der Waals surface area contributed by atoms with Crippen LogP contribution < -0.4 is 5.32 Å². The maximum Gasteiger partial charge on any atom is 0.270 e. The number of nitro groups is 1. The number of amides is 1. The minimum absolute atomic E-state index is 0.00497. The molecule has 0 radical (unpaired) electrons. The average molecular weight is 380 g/mol. The van der Waals surface area contributed by atoms with E-state index in [-0.39, 0.29) is 17.0 Å². The number of benzene rings is 2. The number of carbonyl (C=O) groups is 1. The van der Waals surface area contributed by atoms with Gasteiger partial charge in [-0.05, 0) is 42.9 Å². The summed E-state index contributed by atoms with van der Waals surface area (Å²) in [6.45, 7) is 10.4. The van der Waals surface area contributed by atoms with E-state index in [1.807, 2.05) is 44.2 Å². The molecule has 5 heteroatoms. The summed E-state index contributed by atoms with van der Waals surface area (Å²) in [5.74, 6) is -0.202. The first kappa shape index (κ1) is 21.4. The molecule has 0 aliphatic heterocycles. The lowest BCUT2D eigenvalue weighted by Gasteiger charge is -2.33. The quantitative estimate of drug-likeness (QED) is 0.313. The largest absolute Gasteiger partial charge is 0.347 e. The van der Waals surface area contributed by atoms with Crippen molar-refractivity contribution in [2.75, 3.05) is 0 Å². The highest BCUT2D eigenvalue weighted by Gasteiger charge is 2.28. The van der Waals surface area contributed by atoms with Gasteiger partial charge in [0.1, 0.15) is 0 Å². The zero-order chi connectivity index (χ0) is 20.9. The summed E-state index contributed by atoms with van der Waals surface area (Å²) >= 11 is 0.